The Bertz CT molecular complexity index is 268. The molecule has 0 fully saturated rings. The summed E-state index contributed by atoms with van der Waals surface area (Å²) in [5.41, 5.74) is -0.239. The number of carbonyl (C=O) groups excluding carboxylic acids is 1. The first-order valence-corrected chi connectivity index (χ1v) is 4.97. The first-order valence-electron chi connectivity index (χ1n) is 4.53. The molecule has 0 aromatic carbocycles. The summed E-state index contributed by atoms with van der Waals surface area (Å²) >= 11 is 4.21. The molecule has 1 nitrogen and oxygen atoms in total. The Morgan fingerprint density at radius 2 is 2.15 bits per heavy atom. The lowest BCUT2D eigenvalue weighted by Crippen LogP contribution is -2.27. The number of thiol groups is 1. The zero-order valence-electron chi connectivity index (χ0n) is 8.37. The maximum atomic E-state index is 11.8. The van der Waals surface area contributed by atoms with Crippen molar-refractivity contribution in [3.05, 3.63) is 23.1 Å². The smallest absolute Gasteiger partial charge is 0.145 e. The van der Waals surface area contributed by atoms with Crippen molar-refractivity contribution < 1.29 is 4.79 Å². The topological polar surface area (TPSA) is 17.1 Å². The van der Waals surface area contributed by atoms with Crippen molar-refractivity contribution in [2.75, 3.05) is 0 Å². The van der Waals surface area contributed by atoms with Gasteiger partial charge in [-0.25, -0.2) is 0 Å². The monoisotopic (exact) mass is 196 g/mol. The molecule has 2 heteroatoms. The molecule has 0 saturated carbocycles. The van der Waals surface area contributed by atoms with E-state index < -0.39 is 0 Å². The van der Waals surface area contributed by atoms with Crippen LogP contribution in [0.25, 0.3) is 0 Å². The molecule has 13 heavy (non-hydrogen) atoms. The van der Waals surface area contributed by atoms with Crippen molar-refractivity contribution in [3.8, 4) is 0 Å². The number of carbonyl (C=O) groups is 1. The fraction of sp³-hybridized carbons (Fsp3) is 0.545. The zero-order valence-corrected chi connectivity index (χ0v) is 9.27. The van der Waals surface area contributed by atoms with Crippen LogP contribution in [0.1, 0.15) is 27.2 Å². The van der Waals surface area contributed by atoms with Crippen LogP contribution in [-0.4, -0.2) is 5.78 Å². The molecule has 0 saturated heterocycles. The Kier molecular flexibility index (Phi) is 3.01. The SMILES string of the molecule is CC(C)(C)C(=O)C1C=CC(S)=CC1. The third kappa shape index (κ3) is 2.73. The van der Waals surface area contributed by atoms with Gasteiger partial charge in [-0.3, -0.25) is 4.79 Å². The van der Waals surface area contributed by atoms with Gasteiger partial charge in [-0.1, -0.05) is 39.0 Å². The van der Waals surface area contributed by atoms with E-state index in [4.69, 9.17) is 0 Å². The molecule has 0 N–H and O–H groups in total. The molecule has 1 unspecified atom stereocenters. The van der Waals surface area contributed by atoms with Crippen molar-refractivity contribution in [2.45, 2.75) is 27.2 Å². The molecule has 0 bridgehead atoms. The van der Waals surface area contributed by atoms with E-state index in [9.17, 15) is 4.79 Å². The number of hydrogen-bond donors (Lipinski definition) is 1. The molecule has 0 aromatic heterocycles. The molecule has 0 heterocycles. The molecule has 0 aliphatic heterocycles. The van der Waals surface area contributed by atoms with Gasteiger partial charge in [0.15, 0.2) is 0 Å². The van der Waals surface area contributed by atoms with Crippen LogP contribution in [0.2, 0.25) is 0 Å². The molecule has 1 aliphatic rings. The summed E-state index contributed by atoms with van der Waals surface area (Å²) < 4.78 is 0. The Balaban J connectivity index is 2.68. The van der Waals surface area contributed by atoms with Crippen LogP contribution in [-0.2, 0) is 4.79 Å². The predicted octanol–water partition coefficient (Wildman–Crippen LogP) is 2.99. The van der Waals surface area contributed by atoms with E-state index in [1.807, 2.05) is 39.0 Å². The maximum absolute atomic E-state index is 11.8. The highest BCUT2D eigenvalue weighted by atomic mass is 32.1. The summed E-state index contributed by atoms with van der Waals surface area (Å²) in [6.07, 6.45) is 6.65. The summed E-state index contributed by atoms with van der Waals surface area (Å²) in [5, 5.41) is 0. The molecular formula is C11H16OS. The first kappa shape index (κ1) is 10.6. The lowest BCUT2D eigenvalue weighted by atomic mass is 9.80. The van der Waals surface area contributed by atoms with Crippen LogP contribution >= 0.6 is 12.6 Å². The third-order valence-corrected chi connectivity index (χ3v) is 2.49. The van der Waals surface area contributed by atoms with Crippen molar-refractivity contribution in [3.63, 3.8) is 0 Å². The Labute approximate surface area is 85.3 Å². The predicted molar refractivity (Wildman–Crippen MR) is 58.8 cm³/mol. The van der Waals surface area contributed by atoms with E-state index >= 15 is 0 Å². The summed E-state index contributed by atoms with van der Waals surface area (Å²) in [4.78, 5) is 12.8. The summed E-state index contributed by atoms with van der Waals surface area (Å²) in [5.74, 6) is 0.358. The zero-order chi connectivity index (χ0) is 10.1. The number of rotatable bonds is 1. The van der Waals surface area contributed by atoms with Crippen molar-refractivity contribution >= 4 is 18.4 Å². The second-order valence-electron chi connectivity index (χ2n) is 4.44. The quantitative estimate of drug-likeness (QED) is 0.638. The summed E-state index contributed by atoms with van der Waals surface area (Å²) in [7, 11) is 0. The highest BCUT2D eigenvalue weighted by Gasteiger charge is 2.27. The molecular weight excluding hydrogens is 180 g/mol. The average molecular weight is 196 g/mol. The van der Waals surface area contributed by atoms with Gasteiger partial charge in [0.25, 0.3) is 0 Å². The first-order chi connectivity index (χ1) is 5.91. The second-order valence-corrected chi connectivity index (χ2v) is 4.96. The number of ketones is 1. The molecule has 0 spiro atoms. The molecule has 1 aliphatic carbocycles. The lowest BCUT2D eigenvalue weighted by Gasteiger charge is -2.23. The second kappa shape index (κ2) is 3.70. The normalized spacial score (nSPS) is 22.8. The standard InChI is InChI=1S/C11H16OS/c1-11(2,3)10(12)8-4-6-9(13)7-5-8/h4,6-8,13H,5H2,1-3H3. The molecule has 0 radical (unpaired) electrons. The average Bonchev–Trinajstić information content (AvgIpc) is 2.03. The van der Waals surface area contributed by atoms with Crippen molar-refractivity contribution in [2.24, 2.45) is 11.3 Å². The molecule has 1 atom stereocenters. The number of allylic oxidation sites excluding steroid dienone is 3. The van der Waals surface area contributed by atoms with E-state index in [-0.39, 0.29) is 11.3 Å². The van der Waals surface area contributed by atoms with Crippen molar-refractivity contribution in [1.29, 1.82) is 0 Å². The van der Waals surface area contributed by atoms with Crippen LogP contribution in [0.5, 0.6) is 0 Å². The minimum Gasteiger partial charge on any atom is -0.298 e. The Morgan fingerprint density at radius 1 is 1.54 bits per heavy atom. The minimum atomic E-state index is -0.239. The lowest BCUT2D eigenvalue weighted by molar-refractivity contribution is -0.128. The number of Topliss-reactive ketones (excluding diaryl/α,β-unsaturated/α-hetero) is 1. The van der Waals surface area contributed by atoms with Gasteiger partial charge in [0.1, 0.15) is 5.78 Å². The van der Waals surface area contributed by atoms with E-state index in [0.29, 0.717) is 5.78 Å². The largest absolute Gasteiger partial charge is 0.298 e. The van der Waals surface area contributed by atoms with Gasteiger partial charge < -0.3 is 0 Å². The molecule has 0 aromatic rings. The fourth-order valence-corrected chi connectivity index (χ4v) is 1.55. The van der Waals surface area contributed by atoms with E-state index in [2.05, 4.69) is 12.6 Å². The fourth-order valence-electron chi connectivity index (χ4n) is 1.36. The number of hydrogen-bond acceptors (Lipinski definition) is 2. The minimum absolute atomic E-state index is 0.0518. The van der Waals surface area contributed by atoms with E-state index in [1.54, 1.807) is 0 Å². The molecule has 1 rings (SSSR count). The summed E-state index contributed by atoms with van der Waals surface area (Å²) in [6.45, 7) is 5.88. The molecule has 0 amide bonds. The molecule has 72 valence electrons. The van der Waals surface area contributed by atoms with Gasteiger partial charge in [-0.2, -0.15) is 0 Å². The summed E-state index contributed by atoms with van der Waals surface area (Å²) in [6, 6.07) is 0. The van der Waals surface area contributed by atoms with Crippen LogP contribution in [0.4, 0.5) is 0 Å². The van der Waals surface area contributed by atoms with Crippen LogP contribution in [0, 0.1) is 11.3 Å². The van der Waals surface area contributed by atoms with Crippen LogP contribution in [0.15, 0.2) is 23.1 Å². The Hall–Kier alpha value is -0.500. The third-order valence-electron chi connectivity index (χ3n) is 2.16. The van der Waals surface area contributed by atoms with E-state index in [1.165, 1.54) is 0 Å². The van der Waals surface area contributed by atoms with Crippen LogP contribution < -0.4 is 0 Å². The Morgan fingerprint density at radius 3 is 2.54 bits per heavy atom. The van der Waals surface area contributed by atoms with Gasteiger partial charge in [0, 0.05) is 11.3 Å². The van der Waals surface area contributed by atoms with Crippen LogP contribution in [0.3, 0.4) is 0 Å². The highest BCUT2D eigenvalue weighted by molar-refractivity contribution is 7.84. The van der Waals surface area contributed by atoms with Gasteiger partial charge in [0.2, 0.25) is 0 Å². The van der Waals surface area contributed by atoms with E-state index in [0.717, 1.165) is 11.3 Å². The van der Waals surface area contributed by atoms with Gasteiger partial charge in [0.05, 0.1) is 0 Å². The van der Waals surface area contributed by atoms with Gasteiger partial charge in [-0.15, -0.1) is 12.6 Å². The highest BCUT2D eigenvalue weighted by Crippen LogP contribution is 2.27. The van der Waals surface area contributed by atoms with Gasteiger partial charge >= 0.3 is 0 Å². The maximum Gasteiger partial charge on any atom is 0.145 e. The van der Waals surface area contributed by atoms with Crippen molar-refractivity contribution in [1.82, 2.24) is 0 Å². The van der Waals surface area contributed by atoms with Gasteiger partial charge in [-0.05, 0) is 11.3 Å².